The van der Waals surface area contributed by atoms with Crippen molar-refractivity contribution in [2.45, 2.75) is 39.0 Å². The van der Waals surface area contributed by atoms with Crippen LogP contribution in [0.5, 0.6) is 17.4 Å². The topological polar surface area (TPSA) is 130 Å². The normalized spacial score (nSPS) is 11.4. The van der Waals surface area contributed by atoms with Crippen molar-refractivity contribution < 1.29 is 23.6 Å². The molecule has 0 aliphatic carbocycles. The summed E-state index contributed by atoms with van der Waals surface area (Å²) in [6.07, 6.45) is 3.58. The summed E-state index contributed by atoms with van der Waals surface area (Å²) in [5.41, 5.74) is 7.48. The van der Waals surface area contributed by atoms with Gasteiger partial charge in [0.05, 0.1) is 30.3 Å². The Kier molecular flexibility index (Phi) is 6.50. The number of carbonyl (C=O) groups excluding carboxylic acids is 2. The molecule has 0 fully saturated rings. The van der Waals surface area contributed by atoms with Crippen LogP contribution in [0.2, 0.25) is 0 Å². The van der Waals surface area contributed by atoms with Gasteiger partial charge in [-0.05, 0) is 17.7 Å². The molecule has 0 saturated heterocycles. The first kappa shape index (κ1) is 23.9. The molecule has 0 unspecified atom stereocenters. The van der Waals surface area contributed by atoms with Gasteiger partial charge in [0.2, 0.25) is 5.88 Å². The number of ether oxygens (including phenoxy) is 2. The van der Waals surface area contributed by atoms with Gasteiger partial charge in [-0.3, -0.25) is 14.6 Å². The molecular formula is C26H26N4O5. The number of primary amides is 1. The first-order chi connectivity index (χ1) is 16.6. The highest BCUT2D eigenvalue weighted by Crippen LogP contribution is 2.32. The van der Waals surface area contributed by atoms with E-state index in [1.54, 1.807) is 42.7 Å². The Labute approximate surface area is 202 Å². The number of fused-ring (bicyclic) bond motifs is 1. The zero-order valence-electron chi connectivity index (χ0n) is 20.0. The Hall–Kier alpha value is -4.27. The fourth-order valence-electron chi connectivity index (χ4n) is 3.53. The highest BCUT2D eigenvalue weighted by molar-refractivity contribution is 6.01. The Bertz CT molecular complexity index is 1390. The number of nitrogens with zero attached hydrogens (tertiary/aromatic N) is 3. The molecule has 1 amide bonds. The van der Waals surface area contributed by atoms with E-state index in [1.807, 2.05) is 26.8 Å². The highest BCUT2D eigenvalue weighted by Gasteiger charge is 2.20. The molecule has 2 N–H and O–H groups in total. The van der Waals surface area contributed by atoms with E-state index >= 15 is 0 Å². The molecule has 0 saturated carbocycles. The zero-order chi connectivity index (χ0) is 25.2. The zero-order valence-corrected chi connectivity index (χ0v) is 20.0. The maximum absolute atomic E-state index is 12.5. The van der Waals surface area contributed by atoms with Gasteiger partial charge in [0, 0.05) is 47.8 Å². The van der Waals surface area contributed by atoms with E-state index in [1.165, 1.54) is 7.11 Å². The highest BCUT2D eigenvalue weighted by atomic mass is 16.5. The monoisotopic (exact) mass is 474 g/mol. The third-order valence-electron chi connectivity index (χ3n) is 5.38. The minimum Gasteiger partial charge on any atom is -0.496 e. The summed E-state index contributed by atoms with van der Waals surface area (Å²) in [6.45, 7) is 6.07. The second-order valence-corrected chi connectivity index (χ2v) is 9.17. The summed E-state index contributed by atoms with van der Waals surface area (Å²) >= 11 is 0. The fourth-order valence-corrected chi connectivity index (χ4v) is 3.53. The smallest absolute Gasteiger partial charge is 0.252 e. The molecule has 9 heteroatoms. The van der Waals surface area contributed by atoms with Crippen molar-refractivity contribution in [3.8, 4) is 17.4 Å². The number of methoxy groups -OCH3 is 1. The summed E-state index contributed by atoms with van der Waals surface area (Å²) in [5.74, 6) is 1.25. The number of nitrogens with two attached hydrogens (primary N) is 1. The molecule has 0 bridgehead atoms. The van der Waals surface area contributed by atoms with Crippen molar-refractivity contribution >= 4 is 22.6 Å². The second-order valence-electron chi connectivity index (χ2n) is 9.17. The second kappa shape index (κ2) is 9.54. The van der Waals surface area contributed by atoms with Gasteiger partial charge in [-0.2, -0.15) is 0 Å². The van der Waals surface area contributed by atoms with Gasteiger partial charge in [-0.1, -0.05) is 32.0 Å². The number of pyridine rings is 2. The molecule has 0 aliphatic rings. The van der Waals surface area contributed by atoms with Crippen molar-refractivity contribution in [2.24, 2.45) is 5.73 Å². The molecule has 0 aliphatic heterocycles. The van der Waals surface area contributed by atoms with Crippen molar-refractivity contribution in [1.29, 1.82) is 0 Å². The Morgan fingerprint density at radius 3 is 2.46 bits per heavy atom. The van der Waals surface area contributed by atoms with Gasteiger partial charge in [0.15, 0.2) is 0 Å². The van der Waals surface area contributed by atoms with Crippen molar-refractivity contribution in [3.05, 3.63) is 71.4 Å². The molecule has 35 heavy (non-hydrogen) atoms. The lowest BCUT2D eigenvalue weighted by Crippen LogP contribution is -2.12. The van der Waals surface area contributed by atoms with Gasteiger partial charge < -0.3 is 19.7 Å². The van der Waals surface area contributed by atoms with Gasteiger partial charge in [-0.15, -0.1) is 0 Å². The number of hydrogen-bond acceptors (Lipinski definition) is 8. The van der Waals surface area contributed by atoms with Crippen LogP contribution in [-0.4, -0.2) is 33.9 Å². The third-order valence-corrected chi connectivity index (χ3v) is 5.38. The predicted octanol–water partition coefficient (Wildman–Crippen LogP) is 4.17. The maximum atomic E-state index is 12.5. The van der Waals surface area contributed by atoms with E-state index in [0.717, 1.165) is 11.3 Å². The Balaban J connectivity index is 1.46. The van der Waals surface area contributed by atoms with Crippen LogP contribution >= 0.6 is 0 Å². The largest absolute Gasteiger partial charge is 0.496 e. The minimum absolute atomic E-state index is 0.00211. The molecule has 3 aromatic heterocycles. The van der Waals surface area contributed by atoms with Crippen LogP contribution in [0.15, 0.2) is 53.3 Å². The molecule has 1 aromatic carbocycles. The van der Waals surface area contributed by atoms with E-state index < -0.39 is 5.91 Å². The van der Waals surface area contributed by atoms with Gasteiger partial charge in [-0.25, -0.2) is 4.98 Å². The number of carbonyl (C=O) groups is 2. The summed E-state index contributed by atoms with van der Waals surface area (Å²) in [7, 11) is 1.46. The summed E-state index contributed by atoms with van der Waals surface area (Å²) in [5, 5.41) is 4.59. The number of Topliss-reactive ketones (excluding diaryl/α,β-unsaturated/α-hetero) is 1. The first-order valence-electron chi connectivity index (χ1n) is 11.0. The minimum atomic E-state index is -0.619. The molecular weight excluding hydrogens is 448 g/mol. The van der Waals surface area contributed by atoms with Crippen LogP contribution in [-0.2, 0) is 23.1 Å². The lowest BCUT2D eigenvalue weighted by Gasteiger charge is -2.12. The van der Waals surface area contributed by atoms with Crippen LogP contribution in [0.25, 0.3) is 10.9 Å². The fraction of sp³-hybridized carbons (Fsp3) is 0.269. The molecule has 0 radical (unpaired) electrons. The summed E-state index contributed by atoms with van der Waals surface area (Å²) in [6, 6.07) is 10.2. The van der Waals surface area contributed by atoms with Crippen LogP contribution in [0, 0.1) is 0 Å². The average Bonchev–Trinajstić information content (AvgIpc) is 3.28. The number of aromatic nitrogens is 3. The molecule has 9 nitrogen and oxygen atoms in total. The summed E-state index contributed by atoms with van der Waals surface area (Å²) < 4.78 is 16.5. The quantitative estimate of drug-likeness (QED) is 0.403. The Morgan fingerprint density at radius 1 is 1.03 bits per heavy atom. The van der Waals surface area contributed by atoms with Crippen LogP contribution < -0.4 is 15.2 Å². The van der Waals surface area contributed by atoms with Crippen LogP contribution in [0.3, 0.4) is 0 Å². The van der Waals surface area contributed by atoms with E-state index in [4.69, 9.17) is 19.7 Å². The van der Waals surface area contributed by atoms with Crippen molar-refractivity contribution in [1.82, 2.24) is 15.1 Å². The molecule has 180 valence electrons. The lowest BCUT2D eigenvalue weighted by molar-refractivity contribution is -0.117. The van der Waals surface area contributed by atoms with Crippen LogP contribution in [0.4, 0.5) is 0 Å². The summed E-state index contributed by atoms with van der Waals surface area (Å²) in [4.78, 5) is 32.9. The van der Waals surface area contributed by atoms with E-state index in [-0.39, 0.29) is 29.6 Å². The number of rotatable bonds is 8. The van der Waals surface area contributed by atoms with E-state index in [0.29, 0.717) is 34.0 Å². The lowest BCUT2D eigenvalue weighted by atomic mass is 9.93. The van der Waals surface area contributed by atoms with Gasteiger partial charge >= 0.3 is 0 Å². The van der Waals surface area contributed by atoms with Gasteiger partial charge in [0.25, 0.3) is 5.91 Å². The Morgan fingerprint density at radius 2 is 1.83 bits per heavy atom. The molecule has 0 spiro atoms. The number of hydrogen-bond donors (Lipinski definition) is 1. The average molecular weight is 475 g/mol. The van der Waals surface area contributed by atoms with Gasteiger partial charge in [0.1, 0.15) is 23.0 Å². The number of amides is 1. The first-order valence-corrected chi connectivity index (χ1v) is 11.0. The molecule has 3 heterocycles. The molecule has 4 rings (SSSR count). The molecule has 0 atom stereocenters. The van der Waals surface area contributed by atoms with E-state index in [9.17, 15) is 9.59 Å². The van der Waals surface area contributed by atoms with Crippen LogP contribution in [0.1, 0.15) is 48.1 Å². The standard InChI is InChI=1S/C26H26N4O5/c1-26(2,3)23-11-16(30-35-23)10-17(31)9-15-5-6-24(29-14-15)34-21-7-8-28-20-13-22(33-4)19(25(27)32)12-18(20)21/h5-8,11-14H,9-10H2,1-4H3,(H2,27,32). The van der Waals surface area contributed by atoms with Crippen molar-refractivity contribution in [2.75, 3.05) is 7.11 Å². The number of benzene rings is 1. The number of ketones is 1. The van der Waals surface area contributed by atoms with E-state index in [2.05, 4.69) is 15.1 Å². The SMILES string of the molecule is COc1cc2nccc(Oc3ccc(CC(=O)Cc4cc(C(C)(C)C)on4)cn3)c2cc1C(N)=O. The van der Waals surface area contributed by atoms with Crippen molar-refractivity contribution in [3.63, 3.8) is 0 Å². The molecule has 4 aromatic rings. The maximum Gasteiger partial charge on any atom is 0.252 e. The third kappa shape index (κ3) is 5.46. The predicted molar refractivity (Wildman–Crippen MR) is 129 cm³/mol.